The predicted octanol–water partition coefficient (Wildman–Crippen LogP) is 3.22. The average Bonchev–Trinajstić information content (AvgIpc) is 2.47. The lowest BCUT2D eigenvalue weighted by Gasteiger charge is -2.10. The number of hydrogen-bond acceptors (Lipinski definition) is 4. The van der Waals surface area contributed by atoms with E-state index in [-0.39, 0.29) is 6.61 Å². The number of benzene rings is 1. The van der Waals surface area contributed by atoms with Crippen molar-refractivity contribution in [3.63, 3.8) is 0 Å². The molecule has 4 heteroatoms. The number of para-hydroxylation sites is 1. The molecule has 0 radical (unpaired) electrons. The summed E-state index contributed by atoms with van der Waals surface area (Å²) in [6.07, 6.45) is 3.30. The van der Waals surface area contributed by atoms with Gasteiger partial charge in [-0.05, 0) is 19.1 Å². The predicted molar refractivity (Wildman–Crippen MR) is 76.7 cm³/mol. The molecule has 2 aromatic heterocycles. The monoisotopic (exact) mass is 266 g/mol. The van der Waals surface area contributed by atoms with Crippen LogP contribution in [-0.4, -0.2) is 15.1 Å². The maximum Gasteiger partial charge on any atom is 0.146 e. The topological polar surface area (TPSA) is 55.2 Å². The van der Waals surface area contributed by atoms with Crippen molar-refractivity contribution < 1.29 is 9.84 Å². The fourth-order valence-corrected chi connectivity index (χ4v) is 2.01. The molecular formula is C16H14N2O2. The quantitative estimate of drug-likeness (QED) is 0.790. The van der Waals surface area contributed by atoms with Crippen molar-refractivity contribution in [2.75, 3.05) is 0 Å². The number of pyridine rings is 2. The molecule has 0 bridgehead atoms. The van der Waals surface area contributed by atoms with E-state index in [4.69, 9.17) is 4.74 Å². The van der Waals surface area contributed by atoms with E-state index in [0.717, 1.165) is 16.6 Å². The van der Waals surface area contributed by atoms with E-state index in [2.05, 4.69) is 9.97 Å². The molecule has 0 unspecified atom stereocenters. The number of hydrogen-bond donors (Lipinski definition) is 1. The number of aryl methyl sites for hydroxylation is 1. The van der Waals surface area contributed by atoms with Crippen LogP contribution in [0.25, 0.3) is 10.9 Å². The molecule has 1 aromatic carbocycles. The maximum absolute atomic E-state index is 9.32. The lowest BCUT2D eigenvalue weighted by Crippen LogP contribution is -1.95. The number of fused-ring (bicyclic) bond motifs is 1. The number of aliphatic hydroxyl groups is 1. The zero-order chi connectivity index (χ0) is 13.9. The minimum absolute atomic E-state index is 0.108. The van der Waals surface area contributed by atoms with Gasteiger partial charge in [-0.3, -0.25) is 9.97 Å². The van der Waals surface area contributed by atoms with E-state index in [1.807, 2.05) is 37.3 Å². The van der Waals surface area contributed by atoms with Crippen LogP contribution in [-0.2, 0) is 6.61 Å². The molecule has 0 spiro atoms. The number of aromatic nitrogens is 2. The van der Waals surface area contributed by atoms with E-state index >= 15 is 0 Å². The van der Waals surface area contributed by atoms with Crippen molar-refractivity contribution in [1.82, 2.24) is 9.97 Å². The van der Waals surface area contributed by atoms with Gasteiger partial charge in [-0.1, -0.05) is 18.2 Å². The molecule has 0 saturated carbocycles. The molecule has 3 rings (SSSR count). The molecule has 0 aliphatic rings. The highest BCUT2D eigenvalue weighted by Gasteiger charge is 2.06. The largest absolute Gasteiger partial charge is 0.455 e. The molecule has 3 aromatic rings. The Morgan fingerprint density at radius 3 is 2.80 bits per heavy atom. The number of ether oxygens (including phenoxy) is 1. The lowest BCUT2D eigenvalue weighted by molar-refractivity contribution is 0.276. The highest BCUT2D eigenvalue weighted by molar-refractivity contribution is 5.79. The standard InChI is InChI=1S/C16H14N2O2/c1-11-6-16(13(10-19)8-17-11)20-14-7-12-4-2-3-5-15(12)18-9-14/h2-9,19H,10H2,1H3. The molecule has 1 N–H and O–H groups in total. The molecule has 0 aliphatic heterocycles. The van der Waals surface area contributed by atoms with Crippen LogP contribution in [0.15, 0.2) is 48.8 Å². The SMILES string of the molecule is Cc1cc(Oc2cnc3ccccc3c2)c(CO)cn1. The first-order valence-corrected chi connectivity index (χ1v) is 6.35. The minimum Gasteiger partial charge on any atom is -0.455 e. The molecule has 2 heterocycles. The summed E-state index contributed by atoms with van der Waals surface area (Å²) in [5.74, 6) is 1.25. The smallest absolute Gasteiger partial charge is 0.146 e. The molecular weight excluding hydrogens is 252 g/mol. The Labute approximate surface area is 116 Å². The first kappa shape index (κ1) is 12.6. The number of aliphatic hydroxyl groups excluding tert-OH is 1. The summed E-state index contributed by atoms with van der Waals surface area (Å²) in [5.41, 5.74) is 2.42. The highest BCUT2D eigenvalue weighted by atomic mass is 16.5. The van der Waals surface area contributed by atoms with Gasteiger partial charge < -0.3 is 9.84 Å². The van der Waals surface area contributed by atoms with Crippen molar-refractivity contribution in [2.45, 2.75) is 13.5 Å². The Morgan fingerprint density at radius 2 is 1.95 bits per heavy atom. The van der Waals surface area contributed by atoms with Crippen LogP contribution >= 0.6 is 0 Å². The van der Waals surface area contributed by atoms with Crippen molar-refractivity contribution in [3.05, 3.63) is 60.0 Å². The Morgan fingerprint density at radius 1 is 1.10 bits per heavy atom. The van der Waals surface area contributed by atoms with Crippen LogP contribution in [0.3, 0.4) is 0 Å². The molecule has 0 amide bonds. The second kappa shape index (κ2) is 5.27. The van der Waals surface area contributed by atoms with Crippen LogP contribution in [0, 0.1) is 6.92 Å². The molecule has 0 aliphatic carbocycles. The Balaban J connectivity index is 1.98. The van der Waals surface area contributed by atoms with Crippen molar-refractivity contribution in [2.24, 2.45) is 0 Å². The second-order valence-electron chi connectivity index (χ2n) is 4.56. The van der Waals surface area contributed by atoms with Gasteiger partial charge in [0.15, 0.2) is 0 Å². The Kier molecular flexibility index (Phi) is 3.31. The number of nitrogens with zero attached hydrogens (tertiary/aromatic N) is 2. The Bertz CT molecular complexity index is 756. The maximum atomic E-state index is 9.32. The molecule has 20 heavy (non-hydrogen) atoms. The summed E-state index contributed by atoms with van der Waals surface area (Å²) in [5, 5.41) is 10.3. The molecule has 4 nitrogen and oxygen atoms in total. The fourth-order valence-electron chi connectivity index (χ4n) is 2.01. The first-order valence-electron chi connectivity index (χ1n) is 6.35. The van der Waals surface area contributed by atoms with Gasteiger partial charge in [0.1, 0.15) is 11.5 Å². The van der Waals surface area contributed by atoms with Gasteiger partial charge in [0.25, 0.3) is 0 Å². The zero-order valence-corrected chi connectivity index (χ0v) is 11.1. The normalized spacial score (nSPS) is 10.7. The second-order valence-corrected chi connectivity index (χ2v) is 4.56. The summed E-state index contributed by atoms with van der Waals surface area (Å²) in [6, 6.07) is 11.6. The summed E-state index contributed by atoms with van der Waals surface area (Å²) < 4.78 is 5.83. The fraction of sp³-hybridized carbons (Fsp3) is 0.125. The van der Waals surface area contributed by atoms with Crippen LogP contribution in [0.4, 0.5) is 0 Å². The van der Waals surface area contributed by atoms with E-state index < -0.39 is 0 Å². The van der Waals surface area contributed by atoms with Crippen LogP contribution < -0.4 is 4.74 Å². The van der Waals surface area contributed by atoms with Gasteiger partial charge in [-0.2, -0.15) is 0 Å². The van der Waals surface area contributed by atoms with Crippen molar-refractivity contribution >= 4 is 10.9 Å². The Hall–Kier alpha value is -2.46. The summed E-state index contributed by atoms with van der Waals surface area (Å²) >= 11 is 0. The van der Waals surface area contributed by atoms with Crippen LogP contribution in [0.1, 0.15) is 11.3 Å². The van der Waals surface area contributed by atoms with E-state index in [1.165, 1.54) is 0 Å². The third kappa shape index (κ3) is 2.46. The molecule has 0 saturated heterocycles. The average molecular weight is 266 g/mol. The molecule has 0 atom stereocenters. The molecule has 0 fully saturated rings. The third-order valence-corrected chi connectivity index (χ3v) is 3.04. The van der Waals surface area contributed by atoms with Crippen molar-refractivity contribution in [3.8, 4) is 11.5 Å². The first-order chi connectivity index (χ1) is 9.76. The van der Waals surface area contributed by atoms with Crippen LogP contribution in [0.5, 0.6) is 11.5 Å². The van der Waals surface area contributed by atoms with Gasteiger partial charge >= 0.3 is 0 Å². The van der Waals surface area contributed by atoms with E-state index in [0.29, 0.717) is 17.1 Å². The zero-order valence-electron chi connectivity index (χ0n) is 11.1. The van der Waals surface area contributed by atoms with E-state index in [1.54, 1.807) is 18.5 Å². The third-order valence-electron chi connectivity index (χ3n) is 3.04. The lowest BCUT2D eigenvalue weighted by atomic mass is 10.2. The summed E-state index contributed by atoms with van der Waals surface area (Å²) in [6.45, 7) is 1.77. The van der Waals surface area contributed by atoms with Crippen LogP contribution in [0.2, 0.25) is 0 Å². The number of rotatable bonds is 3. The molecule has 100 valence electrons. The van der Waals surface area contributed by atoms with E-state index in [9.17, 15) is 5.11 Å². The van der Waals surface area contributed by atoms with Gasteiger partial charge in [-0.15, -0.1) is 0 Å². The van der Waals surface area contributed by atoms with Gasteiger partial charge in [-0.25, -0.2) is 0 Å². The van der Waals surface area contributed by atoms with Crippen molar-refractivity contribution in [1.29, 1.82) is 0 Å². The summed E-state index contributed by atoms with van der Waals surface area (Å²) in [4.78, 5) is 8.50. The van der Waals surface area contributed by atoms with Gasteiger partial charge in [0, 0.05) is 28.9 Å². The summed E-state index contributed by atoms with van der Waals surface area (Å²) in [7, 11) is 0. The minimum atomic E-state index is -0.108. The van der Waals surface area contributed by atoms with Gasteiger partial charge in [0.05, 0.1) is 18.3 Å². The highest BCUT2D eigenvalue weighted by Crippen LogP contribution is 2.27. The van der Waals surface area contributed by atoms with Gasteiger partial charge in [0.2, 0.25) is 0 Å².